The molecule has 0 radical (unpaired) electrons. The van der Waals surface area contributed by atoms with Gasteiger partial charge in [0, 0.05) is 9.13 Å². The summed E-state index contributed by atoms with van der Waals surface area (Å²) in [6.07, 6.45) is 0. The number of nitrogens with one attached hydrogen (secondary N) is 2. The number of benzene rings is 3. The molecule has 0 aromatic heterocycles. The smallest absolute Gasteiger partial charge is 0.273 e. The van der Waals surface area contributed by atoms with Gasteiger partial charge in [-0.25, -0.2) is 0 Å². The fourth-order valence-electron chi connectivity index (χ4n) is 2.50. The quantitative estimate of drug-likeness (QED) is 0.419. The van der Waals surface area contributed by atoms with Crippen LogP contribution >= 0.6 is 22.6 Å². The first-order valence-corrected chi connectivity index (χ1v) is 9.75. The van der Waals surface area contributed by atoms with Crippen LogP contribution in [0.5, 0.6) is 5.75 Å². The minimum absolute atomic E-state index is 0.345. The topological polar surface area (TPSA) is 67.4 Å². The Hall–Kier alpha value is -2.87. The Morgan fingerprint density at radius 1 is 0.893 bits per heavy atom. The average Bonchev–Trinajstić information content (AvgIpc) is 2.73. The van der Waals surface area contributed by atoms with E-state index in [1.165, 1.54) is 0 Å². The Bertz CT molecular complexity index is 990. The number of hydrogen-bond donors (Lipinski definition) is 2. The van der Waals surface area contributed by atoms with Gasteiger partial charge < -0.3 is 4.74 Å². The van der Waals surface area contributed by atoms with Crippen molar-refractivity contribution in [1.29, 1.82) is 0 Å². The molecule has 3 aromatic rings. The molecule has 3 rings (SSSR count). The highest BCUT2D eigenvalue weighted by atomic mass is 127. The highest BCUT2D eigenvalue weighted by Crippen LogP contribution is 2.19. The number of hydrazine groups is 1. The number of amides is 2. The van der Waals surface area contributed by atoms with Gasteiger partial charge in [-0.1, -0.05) is 48.5 Å². The fourth-order valence-corrected chi connectivity index (χ4v) is 3.02. The molecule has 0 aliphatic heterocycles. The monoisotopic (exact) mass is 486 g/mol. The Morgan fingerprint density at radius 2 is 1.57 bits per heavy atom. The van der Waals surface area contributed by atoms with Gasteiger partial charge in [-0.2, -0.15) is 0 Å². The van der Waals surface area contributed by atoms with Crippen LogP contribution in [0.2, 0.25) is 0 Å². The molecule has 6 heteroatoms. The van der Waals surface area contributed by atoms with E-state index in [-0.39, 0.29) is 5.91 Å². The van der Waals surface area contributed by atoms with Gasteiger partial charge in [0.1, 0.15) is 12.4 Å². The molecule has 0 aliphatic rings. The number of ether oxygens (including phenoxy) is 1. The van der Waals surface area contributed by atoms with Crippen molar-refractivity contribution < 1.29 is 14.3 Å². The van der Waals surface area contributed by atoms with Crippen LogP contribution in [0.25, 0.3) is 0 Å². The van der Waals surface area contributed by atoms with Crippen LogP contribution in [0.15, 0.2) is 72.8 Å². The Kier molecular flexibility index (Phi) is 6.65. The average molecular weight is 486 g/mol. The van der Waals surface area contributed by atoms with Gasteiger partial charge in [-0.05, 0) is 64.9 Å². The molecular formula is C22H19IN2O3. The van der Waals surface area contributed by atoms with E-state index in [1.54, 1.807) is 36.4 Å². The van der Waals surface area contributed by atoms with Gasteiger partial charge in [0.05, 0.1) is 5.56 Å². The zero-order valence-electron chi connectivity index (χ0n) is 15.2. The summed E-state index contributed by atoms with van der Waals surface area (Å²) in [6, 6.07) is 22.0. The number of halogens is 1. The summed E-state index contributed by atoms with van der Waals surface area (Å²) >= 11 is 2.17. The Morgan fingerprint density at radius 3 is 2.32 bits per heavy atom. The third-order valence-corrected chi connectivity index (χ3v) is 5.25. The predicted molar refractivity (Wildman–Crippen MR) is 116 cm³/mol. The number of aryl methyl sites for hydroxylation is 1. The molecule has 0 fully saturated rings. The van der Waals surface area contributed by atoms with E-state index in [0.29, 0.717) is 23.5 Å². The third kappa shape index (κ3) is 5.10. The lowest BCUT2D eigenvalue weighted by molar-refractivity contribution is 0.0844. The molecule has 2 N–H and O–H groups in total. The lowest BCUT2D eigenvalue weighted by Crippen LogP contribution is -2.41. The zero-order valence-corrected chi connectivity index (χ0v) is 17.4. The summed E-state index contributed by atoms with van der Waals surface area (Å²) in [5.74, 6) is -0.379. The van der Waals surface area contributed by atoms with Gasteiger partial charge in [0.15, 0.2) is 0 Å². The van der Waals surface area contributed by atoms with Crippen molar-refractivity contribution in [2.24, 2.45) is 0 Å². The van der Waals surface area contributed by atoms with Gasteiger partial charge in [0.25, 0.3) is 11.8 Å². The van der Waals surface area contributed by atoms with Crippen LogP contribution in [0, 0.1) is 10.5 Å². The molecule has 28 heavy (non-hydrogen) atoms. The minimum Gasteiger partial charge on any atom is -0.488 e. The summed E-state index contributed by atoms with van der Waals surface area (Å²) in [4.78, 5) is 24.8. The van der Waals surface area contributed by atoms with E-state index < -0.39 is 5.91 Å². The zero-order chi connectivity index (χ0) is 19.9. The van der Waals surface area contributed by atoms with Crippen molar-refractivity contribution in [2.75, 3.05) is 0 Å². The third-order valence-electron chi connectivity index (χ3n) is 4.09. The summed E-state index contributed by atoms with van der Waals surface area (Å²) in [6.45, 7) is 2.32. The first-order chi connectivity index (χ1) is 13.5. The second-order valence-electron chi connectivity index (χ2n) is 6.14. The van der Waals surface area contributed by atoms with Crippen molar-refractivity contribution >= 4 is 34.4 Å². The Balaban J connectivity index is 1.64. The van der Waals surface area contributed by atoms with Gasteiger partial charge in [-0.3, -0.25) is 20.4 Å². The lowest BCUT2D eigenvalue weighted by atomic mass is 10.1. The second-order valence-corrected chi connectivity index (χ2v) is 7.30. The molecule has 0 unspecified atom stereocenters. The van der Waals surface area contributed by atoms with Crippen LogP contribution in [0.1, 0.15) is 31.8 Å². The predicted octanol–water partition coefficient (Wildman–Crippen LogP) is 4.25. The van der Waals surface area contributed by atoms with Crippen molar-refractivity contribution in [3.05, 3.63) is 98.6 Å². The number of carbonyl (C=O) groups is 2. The van der Waals surface area contributed by atoms with Crippen LogP contribution in [0.3, 0.4) is 0 Å². The maximum atomic E-state index is 12.5. The SMILES string of the molecule is Cc1ccc(C(=O)NNC(=O)c2ccccc2OCc2ccccc2)cc1I. The van der Waals surface area contributed by atoms with Gasteiger partial charge >= 0.3 is 0 Å². The van der Waals surface area contributed by atoms with Crippen LogP contribution in [-0.2, 0) is 6.61 Å². The van der Waals surface area contributed by atoms with Gasteiger partial charge in [0.2, 0.25) is 0 Å². The number of hydrogen-bond acceptors (Lipinski definition) is 3. The number of rotatable bonds is 5. The Labute approximate surface area is 177 Å². The molecule has 142 valence electrons. The van der Waals surface area contributed by atoms with Crippen LogP contribution in [-0.4, -0.2) is 11.8 Å². The molecule has 0 heterocycles. The molecule has 0 aliphatic carbocycles. The molecule has 0 saturated carbocycles. The fraction of sp³-hybridized carbons (Fsp3) is 0.0909. The highest BCUT2D eigenvalue weighted by molar-refractivity contribution is 14.1. The highest BCUT2D eigenvalue weighted by Gasteiger charge is 2.14. The molecule has 5 nitrogen and oxygen atoms in total. The van der Waals surface area contributed by atoms with Crippen molar-refractivity contribution in [2.45, 2.75) is 13.5 Å². The molecule has 0 atom stereocenters. The summed E-state index contributed by atoms with van der Waals surface area (Å²) < 4.78 is 6.77. The summed E-state index contributed by atoms with van der Waals surface area (Å²) in [7, 11) is 0. The summed E-state index contributed by atoms with van der Waals surface area (Å²) in [5.41, 5.74) is 7.81. The molecule has 0 spiro atoms. The number of carbonyl (C=O) groups excluding carboxylic acids is 2. The van der Waals surface area contributed by atoms with E-state index in [2.05, 4.69) is 33.4 Å². The van der Waals surface area contributed by atoms with E-state index in [4.69, 9.17) is 4.74 Å². The normalized spacial score (nSPS) is 10.2. The molecule has 2 amide bonds. The first-order valence-electron chi connectivity index (χ1n) is 8.67. The molecule has 0 saturated heterocycles. The van der Waals surface area contributed by atoms with E-state index in [9.17, 15) is 9.59 Å². The maximum absolute atomic E-state index is 12.5. The molecular weight excluding hydrogens is 467 g/mol. The van der Waals surface area contributed by atoms with Crippen molar-refractivity contribution in [3.63, 3.8) is 0 Å². The largest absolute Gasteiger partial charge is 0.488 e. The standard InChI is InChI=1S/C22H19IN2O3/c1-15-11-12-17(13-19(15)23)21(26)24-25-22(27)18-9-5-6-10-20(18)28-14-16-7-3-2-4-8-16/h2-13H,14H2,1H3,(H,24,26)(H,25,27). The second kappa shape index (κ2) is 9.36. The van der Waals surface area contributed by atoms with Crippen molar-refractivity contribution in [1.82, 2.24) is 10.9 Å². The van der Waals surface area contributed by atoms with E-state index in [0.717, 1.165) is 14.7 Å². The minimum atomic E-state index is -0.446. The van der Waals surface area contributed by atoms with Gasteiger partial charge in [-0.15, -0.1) is 0 Å². The first kappa shape index (κ1) is 19.9. The molecule has 0 bridgehead atoms. The van der Waals surface area contributed by atoms with E-state index >= 15 is 0 Å². The van der Waals surface area contributed by atoms with Crippen LogP contribution in [0.4, 0.5) is 0 Å². The van der Waals surface area contributed by atoms with E-state index in [1.807, 2.05) is 43.3 Å². The van der Waals surface area contributed by atoms with Crippen LogP contribution < -0.4 is 15.6 Å². The summed E-state index contributed by atoms with van der Waals surface area (Å²) in [5, 5.41) is 0. The molecule has 3 aromatic carbocycles. The lowest BCUT2D eigenvalue weighted by Gasteiger charge is -2.12. The number of para-hydroxylation sites is 1. The van der Waals surface area contributed by atoms with Crippen molar-refractivity contribution in [3.8, 4) is 5.75 Å². The maximum Gasteiger partial charge on any atom is 0.273 e.